The minimum atomic E-state index is -0.512. The maximum atomic E-state index is 13.7. The number of pyridine rings is 1. The van der Waals surface area contributed by atoms with Crippen LogP contribution < -0.4 is 10.5 Å². The molecule has 5 nitrogen and oxygen atoms in total. The van der Waals surface area contributed by atoms with E-state index in [2.05, 4.69) is 15.0 Å². The van der Waals surface area contributed by atoms with Crippen molar-refractivity contribution in [3.8, 4) is 17.0 Å². The molecule has 0 aliphatic heterocycles. The van der Waals surface area contributed by atoms with Gasteiger partial charge in [-0.25, -0.2) is 19.3 Å². The van der Waals surface area contributed by atoms with E-state index in [9.17, 15) is 4.39 Å². The molecule has 0 aliphatic carbocycles. The van der Waals surface area contributed by atoms with E-state index >= 15 is 0 Å². The largest absolute Gasteiger partial charge is 0.479 e. The highest BCUT2D eigenvalue weighted by Crippen LogP contribution is 2.27. The molecule has 2 aromatic heterocycles. The summed E-state index contributed by atoms with van der Waals surface area (Å²) in [6.45, 7) is 0. The van der Waals surface area contributed by atoms with Crippen molar-refractivity contribution in [1.82, 2.24) is 15.0 Å². The lowest BCUT2D eigenvalue weighted by molar-refractivity contribution is 0.369. The van der Waals surface area contributed by atoms with E-state index in [1.54, 1.807) is 6.20 Å². The fourth-order valence-corrected chi connectivity index (χ4v) is 1.99. The SMILES string of the molecule is COc1ncc(-c2ccc3ncnc(N)c3c2)cc1F. The Bertz CT molecular complexity index is 791. The third-order valence-electron chi connectivity index (χ3n) is 3.00. The van der Waals surface area contributed by atoms with E-state index < -0.39 is 5.82 Å². The Labute approximate surface area is 114 Å². The van der Waals surface area contributed by atoms with E-state index in [1.165, 1.54) is 19.5 Å². The molecule has 1 aromatic carbocycles. The quantitative estimate of drug-likeness (QED) is 0.774. The normalized spacial score (nSPS) is 10.7. The zero-order valence-corrected chi connectivity index (χ0v) is 10.7. The predicted octanol–water partition coefficient (Wildman–Crippen LogP) is 2.42. The summed E-state index contributed by atoms with van der Waals surface area (Å²) in [4.78, 5) is 12.0. The van der Waals surface area contributed by atoms with Gasteiger partial charge >= 0.3 is 0 Å². The summed E-state index contributed by atoms with van der Waals surface area (Å²) < 4.78 is 18.5. The summed E-state index contributed by atoms with van der Waals surface area (Å²) >= 11 is 0. The number of nitrogens with two attached hydrogens (primary N) is 1. The third kappa shape index (κ3) is 2.01. The summed E-state index contributed by atoms with van der Waals surface area (Å²) in [5, 5.41) is 0.723. The van der Waals surface area contributed by atoms with Crippen LogP contribution in [-0.4, -0.2) is 22.1 Å². The van der Waals surface area contributed by atoms with Crippen LogP contribution in [0.5, 0.6) is 5.88 Å². The topological polar surface area (TPSA) is 73.9 Å². The van der Waals surface area contributed by atoms with Gasteiger partial charge in [-0.1, -0.05) is 6.07 Å². The van der Waals surface area contributed by atoms with Crippen molar-refractivity contribution in [2.45, 2.75) is 0 Å². The van der Waals surface area contributed by atoms with Crippen LogP contribution in [0.3, 0.4) is 0 Å². The number of ether oxygens (including phenoxy) is 1. The second-order valence-electron chi connectivity index (χ2n) is 4.21. The molecule has 0 atom stereocenters. The van der Waals surface area contributed by atoms with Crippen molar-refractivity contribution < 1.29 is 9.13 Å². The number of fused-ring (bicyclic) bond motifs is 1. The molecule has 20 heavy (non-hydrogen) atoms. The fourth-order valence-electron chi connectivity index (χ4n) is 1.99. The first-order valence-corrected chi connectivity index (χ1v) is 5.89. The lowest BCUT2D eigenvalue weighted by Gasteiger charge is -2.06. The number of nitrogen functional groups attached to an aromatic ring is 1. The van der Waals surface area contributed by atoms with Crippen molar-refractivity contribution >= 4 is 16.7 Å². The number of methoxy groups -OCH3 is 1. The molecule has 0 bridgehead atoms. The van der Waals surface area contributed by atoms with Gasteiger partial charge in [0.1, 0.15) is 12.1 Å². The van der Waals surface area contributed by atoms with Crippen LogP contribution in [-0.2, 0) is 0 Å². The van der Waals surface area contributed by atoms with Gasteiger partial charge < -0.3 is 10.5 Å². The molecular formula is C14H11FN4O. The monoisotopic (exact) mass is 270 g/mol. The molecule has 100 valence electrons. The van der Waals surface area contributed by atoms with E-state index in [1.807, 2.05) is 18.2 Å². The maximum absolute atomic E-state index is 13.7. The van der Waals surface area contributed by atoms with E-state index in [0.29, 0.717) is 11.4 Å². The molecule has 0 amide bonds. The highest BCUT2D eigenvalue weighted by Gasteiger charge is 2.08. The zero-order valence-electron chi connectivity index (χ0n) is 10.7. The van der Waals surface area contributed by atoms with Crippen molar-refractivity contribution in [1.29, 1.82) is 0 Å². The van der Waals surface area contributed by atoms with Gasteiger partial charge in [-0.3, -0.25) is 0 Å². The number of hydrogen-bond acceptors (Lipinski definition) is 5. The Morgan fingerprint density at radius 3 is 2.70 bits per heavy atom. The number of aromatic nitrogens is 3. The minimum absolute atomic E-state index is 0.0302. The Balaban J connectivity index is 2.14. The zero-order chi connectivity index (χ0) is 14.1. The van der Waals surface area contributed by atoms with Crippen molar-refractivity contribution in [3.05, 3.63) is 42.6 Å². The van der Waals surface area contributed by atoms with Crippen LogP contribution in [0.1, 0.15) is 0 Å². The van der Waals surface area contributed by atoms with Gasteiger partial charge in [0, 0.05) is 17.1 Å². The van der Waals surface area contributed by atoms with Gasteiger partial charge in [-0.2, -0.15) is 0 Å². The summed E-state index contributed by atoms with van der Waals surface area (Å²) in [6, 6.07) is 6.82. The molecule has 0 fully saturated rings. The standard InChI is InChI=1S/C14H11FN4O/c1-20-14-11(15)5-9(6-17-14)8-2-3-12-10(4-8)13(16)19-7-18-12/h2-7H,1H3,(H2,16,18,19). The molecular weight excluding hydrogens is 259 g/mol. The molecule has 6 heteroatoms. The highest BCUT2D eigenvalue weighted by atomic mass is 19.1. The summed E-state index contributed by atoms with van der Waals surface area (Å²) in [5.74, 6) is -0.154. The van der Waals surface area contributed by atoms with Crippen molar-refractivity contribution in [2.75, 3.05) is 12.8 Å². The second-order valence-corrected chi connectivity index (χ2v) is 4.21. The number of nitrogens with zero attached hydrogens (tertiary/aromatic N) is 3. The number of anilines is 1. The van der Waals surface area contributed by atoms with Gasteiger partial charge in [-0.15, -0.1) is 0 Å². The van der Waals surface area contributed by atoms with Crippen LogP contribution >= 0.6 is 0 Å². The Morgan fingerprint density at radius 2 is 1.95 bits per heavy atom. The minimum Gasteiger partial charge on any atom is -0.479 e. The van der Waals surface area contributed by atoms with E-state index in [4.69, 9.17) is 10.5 Å². The Kier molecular flexibility index (Phi) is 2.90. The second kappa shape index (κ2) is 4.73. The van der Waals surface area contributed by atoms with Crippen LogP contribution in [0.15, 0.2) is 36.8 Å². The Morgan fingerprint density at radius 1 is 1.10 bits per heavy atom. The smallest absolute Gasteiger partial charge is 0.250 e. The number of benzene rings is 1. The molecule has 3 rings (SSSR count). The van der Waals surface area contributed by atoms with E-state index in [-0.39, 0.29) is 5.88 Å². The fraction of sp³-hybridized carbons (Fsp3) is 0.0714. The molecule has 0 spiro atoms. The molecule has 2 heterocycles. The first-order valence-electron chi connectivity index (χ1n) is 5.89. The molecule has 0 aliphatic rings. The van der Waals surface area contributed by atoms with Gasteiger partial charge in [-0.05, 0) is 23.8 Å². The van der Waals surface area contributed by atoms with Gasteiger partial charge in [0.2, 0.25) is 5.88 Å². The van der Waals surface area contributed by atoms with Crippen molar-refractivity contribution in [3.63, 3.8) is 0 Å². The summed E-state index contributed by atoms with van der Waals surface area (Å²) in [7, 11) is 1.37. The van der Waals surface area contributed by atoms with Crippen LogP contribution in [0.4, 0.5) is 10.2 Å². The maximum Gasteiger partial charge on any atom is 0.250 e. The first kappa shape index (κ1) is 12.3. The first-order chi connectivity index (χ1) is 9.69. The van der Waals surface area contributed by atoms with Crippen LogP contribution in [0, 0.1) is 5.82 Å². The third-order valence-corrected chi connectivity index (χ3v) is 3.00. The van der Waals surface area contributed by atoms with Gasteiger partial charge in [0.25, 0.3) is 0 Å². The lowest BCUT2D eigenvalue weighted by Crippen LogP contribution is -1.94. The number of rotatable bonds is 2. The molecule has 0 unspecified atom stereocenters. The molecule has 0 radical (unpaired) electrons. The molecule has 0 saturated heterocycles. The average molecular weight is 270 g/mol. The Hall–Kier alpha value is -2.76. The van der Waals surface area contributed by atoms with Crippen LogP contribution in [0.2, 0.25) is 0 Å². The van der Waals surface area contributed by atoms with Crippen molar-refractivity contribution in [2.24, 2.45) is 0 Å². The predicted molar refractivity (Wildman–Crippen MR) is 73.7 cm³/mol. The lowest BCUT2D eigenvalue weighted by atomic mass is 10.1. The highest BCUT2D eigenvalue weighted by molar-refractivity contribution is 5.91. The summed E-state index contributed by atoms with van der Waals surface area (Å²) in [5.41, 5.74) is 7.98. The molecule has 0 saturated carbocycles. The average Bonchev–Trinajstić information content (AvgIpc) is 2.47. The van der Waals surface area contributed by atoms with Gasteiger partial charge in [0.15, 0.2) is 5.82 Å². The number of hydrogen-bond donors (Lipinski definition) is 1. The number of halogens is 1. The van der Waals surface area contributed by atoms with Gasteiger partial charge in [0.05, 0.1) is 12.6 Å². The molecule has 3 aromatic rings. The van der Waals surface area contributed by atoms with E-state index in [0.717, 1.165) is 16.5 Å². The molecule has 2 N–H and O–H groups in total. The van der Waals surface area contributed by atoms with Crippen LogP contribution in [0.25, 0.3) is 22.0 Å². The summed E-state index contributed by atoms with van der Waals surface area (Å²) in [6.07, 6.45) is 2.95.